The maximum atomic E-state index is 12.0. The highest BCUT2D eigenvalue weighted by molar-refractivity contribution is 6.34. The molecule has 0 saturated heterocycles. The minimum absolute atomic E-state index is 0.187. The molecular formula is C14H15Cl2N3O2. The Hall–Kier alpha value is -1.56. The highest BCUT2D eigenvalue weighted by Crippen LogP contribution is 2.24. The van der Waals surface area contributed by atoms with Crippen molar-refractivity contribution in [1.29, 1.82) is 0 Å². The summed E-state index contributed by atoms with van der Waals surface area (Å²) >= 11 is 11.7. The Morgan fingerprint density at radius 3 is 2.43 bits per heavy atom. The molecule has 0 aliphatic rings. The van der Waals surface area contributed by atoms with Gasteiger partial charge in [0.25, 0.3) is 5.91 Å². The van der Waals surface area contributed by atoms with Gasteiger partial charge in [0.05, 0.1) is 11.9 Å². The van der Waals surface area contributed by atoms with E-state index in [1.165, 1.54) is 24.4 Å². The van der Waals surface area contributed by atoms with Crippen molar-refractivity contribution in [3.63, 3.8) is 0 Å². The topological polar surface area (TPSA) is 67.2 Å². The molecule has 1 heterocycles. The molecule has 2 rings (SSSR count). The molecule has 21 heavy (non-hydrogen) atoms. The second kappa shape index (κ2) is 6.47. The van der Waals surface area contributed by atoms with Crippen molar-refractivity contribution < 1.29 is 9.90 Å². The number of aliphatic hydroxyl groups is 1. The second-order valence-electron chi connectivity index (χ2n) is 4.90. The van der Waals surface area contributed by atoms with Crippen LogP contribution in [0.25, 0.3) is 0 Å². The number of carbonyl (C=O) groups is 1. The molecule has 5 nitrogen and oxygen atoms in total. The Morgan fingerprint density at radius 1 is 1.29 bits per heavy atom. The molecule has 0 aliphatic carbocycles. The van der Waals surface area contributed by atoms with Crippen LogP contribution in [0, 0.1) is 0 Å². The summed E-state index contributed by atoms with van der Waals surface area (Å²) in [5.74, 6) is -0.573. The summed E-state index contributed by atoms with van der Waals surface area (Å²) in [5.41, 5.74) is 0.849. The molecule has 0 aliphatic heterocycles. The van der Waals surface area contributed by atoms with Gasteiger partial charge in [0, 0.05) is 22.3 Å². The third-order valence-electron chi connectivity index (χ3n) is 2.85. The Kier molecular flexibility index (Phi) is 4.88. The van der Waals surface area contributed by atoms with Crippen LogP contribution in [0.4, 0.5) is 5.69 Å². The lowest BCUT2D eigenvalue weighted by atomic mass is 10.1. The predicted molar refractivity (Wildman–Crippen MR) is 82.7 cm³/mol. The molecule has 0 spiro atoms. The number of nitrogens with one attached hydrogen (secondary N) is 1. The van der Waals surface area contributed by atoms with Gasteiger partial charge in [0.1, 0.15) is 0 Å². The molecule has 1 aromatic heterocycles. The number of amides is 1. The Balaban J connectivity index is 2.11. The number of aliphatic hydroxyl groups excluding tert-OH is 1. The lowest BCUT2D eigenvalue weighted by Crippen LogP contribution is -2.20. The quantitative estimate of drug-likeness (QED) is 0.903. The van der Waals surface area contributed by atoms with Crippen LogP contribution in [0.15, 0.2) is 30.6 Å². The SMILES string of the molecule is CC(C)n1cc(NC(=O)[C@@H](O)c2cc(Cl)cc(Cl)c2)cn1. The van der Waals surface area contributed by atoms with Crippen molar-refractivity contribution in [2.24, 2.45) is 0 Å². The lowest BCUT2D eigenvalue weighted by Gasteiger charge is -2.11. The summed E-state index contributed by atoms with van der Waals surface area (Å²) in [5, 5.41) is 17.5. The zero-order valence-electron chi connectivity index (χ0n) is 11.5. The fourth-order valence-corrected chi connectivity index (χ4v) is 2.32. The number of aromatic nitrogens is 2. The summed E-state index contributed by atoms with van der Waals surface area (Å²) in [6, 6.07) is 4.71. The Bertz CT molecular complexity index is 635. The Morgan fingerprint density at radius 2 is 1.90 bits per heavy atom. The average Bonchev–Trinajstić information content (AvgIpc) is 2.85. The van der Waals surface area contributed by atoms with E-state index >= 15 is 0 Å². The number of hydrogen-bond donors (Lipinski definition) is 2. The largest absolute Gasteiger partial charge is 0.378 e. The van der Waals surface area contributed by atoms with Crippen molar-refractivity contribution in [2.45, 2.75) is 26.0 Å². The van der Waals surface area contributed by atoms with Gasteiger partial charge >= 0.3 is 0 Å². The van der Waals surface area contributed by atoms with Crippen LogP contribution in [0.2, 0.25) is 10.0 Å². The van der Waals surface area contributed by atoms with Gasteiger partial charge in [-0.3, -0.25) is 9.48 Å². The summed E-state index contributed by atoms with van der Waals surface area (Å²) < 4.78 is 1.71. The summed E-state index contributed by atoms with van der Waals surface area (Å²) in [7, 11) is 0. The maximum Gasteiger partial charge on any atom is 0.257 e. The monoisotopic (exact) mass is 327 g/mol. The van der Waals surface area contributed by atoms with Gasteiger partial charge in [-0.15, -0.1) is 0 Å². The second-order valence-corrected chi connectivity index (χ2v) is 5.77. The fourth-order valence-electron chi connectivity index (χ4n) is 1.78. The number of benzene rings is 1. The molecule has 0 bridgehead atoms. The van der Waals surface area contributed by atoms with E-state index in [-0.39, 0.29) is 6.04 Å². The molecule has 0 unspecified atom stereocenters. The summed E-state index contributed by atoms with van der Waals surface area (Å²) in [6.07, 6.45) is 1.86. The molecule has 1 amide bonds. The Labute approximate surface area is 132 Å². The van der Waals surface area contributed by atoms with Crippen LogP contribution in [0.3, 0.4) is 0 Å². The number of rotatable bonds is 4. The third kappa shape index (κ3) is 3.97. The highest BCUT2D eigenvalue weighted by atomic mass is 35.5. The van der Waals surface area contributed by atoms with E-state index in [1.54, 1.807) is 10.9 Å². The molecule has 112 valence electrons. The zero-order valence-corrected chi connectivity index (χ0v) is 13.1. The predicted octanol–water partition coefficient (Wildman–Crippen LogP) is 3.44. The third-order valence-corrected chi connectivity index (χ3v) is 3.28. The van der Waals surface area contributed by atoms with Crippen LogP contribution in [-0.2, 0) is 4.79 Å². The van der Waals surface area contributed by atoms with Gasteiger partial charge in [-0.05, 0) is 37.6 Å². The molecule has 7 heteroatoms. The number of carbonyl (C=O) groups excluding carboxylic acids is 1. The van der Waals surface area contributed by atoms with Crippen LogP contribution < -0.4 is 5.32 Å². The molecular weight excluding hydrogens is 313 g/mol. The minimum atomic E-state index is -1.36. The van der Waals surface area contributed by atoms with Gasteiger partial charge in [-0.1, -0.05) is 23.2 Å². The standard InChI is InChI=1S/C14H15Cl2N3O2/c1-8(2)19-7-12(6-17-19)18-14(21)13(20)9-3-10(15)5-11(16)4-9/h3-8,13,20H,1-2H3,(H,18,21)/t13-/m0/s1. The van der Waals surface area contributed by atoms with Crippen LogP contribution >= 0.6 is 23.2 Å². The smallest absolute Gasteiger partial charge is 0.257 e. The number of anilines is 1. The van der Waals surface area contributed by atoms with Crippen LogP contribution in [-0.4, -0.2) is 20.8 Å². The van der Waals surface area contributed by atoms with E-state index in [0.29, 0.717) is 21.3 Å². The van der Waals surface area contributed by atoms with E-state index in [9.17, 15) is 9.90 Å². The van der Waals surface area contributed by atoms with Crippen molar-refractivity contribution >= 4 is 34.8 Å². The lowest BCUT2D eigenvalue weighted by molar-refractivity contribution is -0.124. The van der Waals surface area contributed by atoms with E-state index in [1.807, 2.05) is 13.8 Å². The number of hydrogen-bond acceptors (Lipinski definition) is 3. The van der Waals surface area contributed by atoms with Crippen molar-refractivity contribution in [1.82, 2.24) is 9.78 Å². The first-order chi connectivity index (χ1) is 9.86. The van der Waals surface area contributed by atoms with Crippen molar-refractivity contribution in [2.75, 3.05) is 5.32 Å². The average molecular weight is 328 g/mol. The van der Waals surface area contributed by atoms with Gasteiger partial charge < -0.3 is 10.4 Å². The van der Waals surface area contributed by atoms with E-state index < -0.39 is 12.0 Å². The van der Waals surface area contributed by atoms with Crippen LogP contribution in [0.1, 0.15) is 31.6 Å². The molecule has 2 N–H and O–H groups in total. The molecule has 0 saturated carbocycles. The van der Waals surface area contributed by atoms with Gasteiger partial charge in [0.15, 0.2) is 6.10 Å². The molecule has 2 aromatic rings. The highest BCUT2D eigenvalue weighted by Gasteiger charge is 2.19. The molecule has 0 radical (unpaired) electrons. The van der Waals surface area contributed by atoms with E-state index in [0.717, 1.165) is 0 Å². The van der Waals surface area contributed by atoms with E-state index in [4.69, 9.17) is 23.2 Å². The first kappa shape index (κ1) is 15.8. The van der Waals surface area contributed by atoms with Crippen molar-refractivity contribution in [3.05, 3.63) is 46.2 Å². The zero-order chi connectivity index (χ0) is 15.6. The summed E-state index contributed by atoms with van der Waals surface area (Å²) in [4.78, 5) is 12.0. The van der Waals surface area contributed by atoms with Crippen molar-refractivity contribution in [3.8, 4) is 0 Å². The minimum Gasteiger partial charge on any atom is -0.378 e. The van der Waals surface area contributed by atoms with Gasteiger partial charge in [0.2, 0.25) is 0 Å². The van der Waals surface area contributed by atoms with Gasteiger partial charge in [-0.2, -0.15) is 5.10 Å². The fraction of sp³-hybridized carbons (Fsp3) is 0.286. The van der Waals surface area contributed by atoms with Gasteiger partial charge in [-0.25, -0.2) is 0 Å². The molecule has 0 fully saturated rings. The molecule has 1 atom stereocenters. The normalized spacial score (nSPS) is 12.5. The first-order valence-corrected chi connectivity index (χ1v) is 7.11. The first-order valence-electron chi connectivity index (χ1n) is 6.36. The maximum absolute atomic E-state index is 12.0. The van der Waals surface area contributed by atoms with Crippen LogP contribution in [0.5, 0.6) is 0 Å². The molecule has 1 aromatic carbocycles. The summed E-state index contributed by atoms with van der Waals surface area (Å²) in [6.45, 7) is 3.95. The number of nitrogens with zero attached hydrogens (tertiary/aromatic N) is 2. The number of halogens is 2. The van der Waals surface area contributed by atoms with E-state index in [2.05, 4.69) is 10.4 Å².